The van der Waals surface area contributed by atoms with Crippen LogP contribution in [0.3, 0.4) is 0 Å². The van der Waals surface area contributed by atoms with Crippen molar-refractivity contribution in [3.05, 3.63) is 38.6 Å². The van der Waals surface area contributed by atoms with Gasteiger partial charge in [0.15, 0.2) is 0 Å². The maximum absolute atomic E-state index is 10.7. The van der Waals surface area contributed by atoms with Gasteiger partial charge in [-0.15, -0.1) is 22.7 Å². The Morgan fingerprint density at radius 3 is 2.69 bits per heavy atom. The third-order valence-corrected chi connectivity index (χ3v) is 4.04. The zero-order valence-electron chi connectivity index (χ0n) is 7.75. The molecule has 7 heteroatoms. The summed E-state index contributed by atoms with van der Waals surface area (Å²) in [6.45, 7) is 0. The van der Waals surface area contributed by atoms with E-state index in [4.69, 9.17) is 5.11 Å². The van der Waals surface area contributed by atoms with Crippen molar-refractivity contribution in [2.45, 2.75) is 0 Å². The van der Waals surface area contributed by atoms with Crippen LogP contribution in [0.5, 0.6) is 0 Å². The molecule has 5 nitrogen and oxygen atoms in total. The Morgan fingerprint density at radius 2 is 2.12 bits per heavy atom. The maximum Gasteiger partial charge on any atom is 0.345 e. The van der Waals surface area contributed by atoms with E-state index in [0.717, 1.165) is 11.3 Å². The van der Waals surface area contributed by atoms with Gasteiger partial charge in [-0.3, -0.25) is 10.1 Å². The monoisotopic (exact) mass is 255 g/mol. The molecule has 16 heavy (non-hydrogen) atoms. The third kappa shape index (κ3) is 1.82. The fraction of sp³-hybridized carbons (Fsp3) is 0. The molecular formula is C9H5NO4S2. The first-order valence-electron chi connectivity index (χ1n) is 4.15. The summed E-state index contributed by atoms with van der Waals surface area (Å²) >= 11 is 2.27. The van der Waals surface area contributed by atoms with Crippen LogP contribution in [0.1, 0.15) is 9.67 Å². The lowest BCUT2D eigenvalue weighted by molar-refractivity contribution is -0.383. The minimum absolute atomic E-state index is 0.0174. The zero-order chi connectivity index (χ0) is 11.7. The SMILES string of the molecule is O=C(O)c1ccc(-c2sccc2[N+](=O)[O-])s1. The number of hydrogen-bond acceptors (Lipinski definition) is 5. The summed E-state index contributed by atoms with van der Waals surface area (Å²) in [6.07, 6.45) is 0. The lowest BCUT2D eigenvalue weighted by Gasteiger charge is -1.91. The average molecular weight is 255 g/mol. The van der Waals surface area contributed by atoms with Gasteiger partial charge in [0.25, 0.3) is 5.69 Å². The second-order valence-corrected chi connectivity index (χ2v) is 4.86. The van der Waals surface area contributed by atoms with Crippen LogP contribution >= 0.6 is 22.7 Å². The van der Waals surface area contributed by atoms with Crippen molar-refractivity contribution in [3.63, 3.8) is 0 Å². The highest BCUT2D eigenvalue weighted by Crippen LogP contribution is 2.38. The van der Waals surface area contributed by atoms with Crippen molar-refractivity contribution in [3.8, 4) is 9.75 Å². The Labute approximate surface area is 97.7 Å². The van der Waals surface area contributed by atoms with E-state index in [0.29, 0.717) is 9.75 Å². The predicted octanol–water partition coefficient (Wildman–Crippen LogP) is 3.08. The number of aromatic carboxylic acids is 1. The van der Waals surface area contributed by atoms with Gasteiger partial charge in [0.05, 0.1) is 9.80 Å². The number of carboxylic acid groups (broad SMARTS) is 1. The lowest BCUT2D eigenvalue weighted by Crippen LogP contribution is -1.89. The first-order chi connectivity index (χ1) is 7.59. The van der Waals surface area contributed by atoms with Crippen molar-refractivity contribution < 1.29 is 14.8 Å². The highest BCUT2D eigenvalue weighted by molar-refractivity contribution is 7.22. The molecule has 0 aliphatic carbocycles. The maximum atomic E-state index is 10.7. The predicted molar refractivity (Wildman–Crippen MR) is 61.2 cm³/mol. The van der Waals surface area contributed by atoms with Crippen LogP contribution in [0, 0.1) is 10.1 Å². The Morgan fingerprint density at radius 1 is 1.38 bits per heavy atom. The number of hydrogen-bond donors (Lipinski definition) is 1. The third-order valence-electron chi connectivity index (χ3n) is 1.88. The molecule has 2 rings (SSSR count). The summed E-state index contributed by atoms with van der Waals surface area (Å²) in [7, 11) is 0. The Bertz CT molecular complexity index is 557. The highest BCUT2D eigenvalue weighted by atomic mass is 32.1. The average Bonchev–Trinajstić information content (AvgIpc) is 2.86. The largest absolute Gasteiger partial charge is 0.477 e. The fourth-order valence-corrected chi connectivity index (χ4v) is 3.05. The van der Waals surface area contributed by atoms with E-state index in [-0.39, 0.29) is 10.6 Å². The quantitative estimate of drug-likeness (QED) is 0.675. The lowest BCUT2D eigenvalue weighted by atomic mass is 10.3. The number of nitrogens with zero attached hydrogens (tertiary/aromatic N) is 1. The standard InChI is InChI=1S/C9H5NO4S2/c11-9(12)7-2-1-6(16-7)8-5(10(13)14)3-4-15-8/h1-4H,(H,11,12). The van der Waals surface area contributed by atoms with Gasteiger partial charge in [0.2, 0.25) is 0 Å². The second-order valence-electron chi connectivity index (χ2n) is 2.86. The molecule has 2 heterocycles. The molecule has 0 saturated heterocycles. The molecule has 0 spiro atoms. The molecule has 0 radical (unpaired) electrons. The molecule has 0 aliphatic heterocycles. The normalized spacial score (nSPS) is 10.2. The number of carboxylic acids is 1. The highest BCUT2D eigenvalue weighted by Gasteiger charge is 2.19. The molecule has 0 saturated carbocycles. The first kappa shape index (κ1) is 10.8. The van der Waals surface area contributed by atoms with Crippen molar-refractivity contribution in [2.75, 3.05) is 0 Å². The van der Waals surface area contributed by atoms with Crippen LogP contribution in [0.2, 0.25) is 0 Å². The Hall–Kier alpha value is -1.73. The van der Waals surface area contributed by atoms with Crippen molar-refractivity contribution >= 4 is 34.3 Å². The van der Waals surface area contributed by atoms with Gasteiger partial charge in [0, 0.05) is 6.07 Å². The van der Waals surface area contributed by atoms with E-state index in [1.807, 2.05) is 0 Å². The molecule has 82 valence electrons. The van der Waals surface area contributed by atoms with Gasteiger partial charge in [-0.05, 0) is 17.5 Å². The van der Waals surface area contributed by atoms with Crippen LogP contribution in [-0.4, -0.2) is 16.0 Å². The first-order valence-corrected chi connectivity index (χ1v) is 5.84. The minimum Gasteiger partial charge on any atom is -0.477 e. The van der Waals surface area contributed by atoms with E-state index >= 15 is 0 Å². The number of rotatable bonds is 3. The van der Waals surface area contributed by atoms with Crippen molar-refractivity contribution in [1.29, 1.82) is 0 Å². The van der Waals surface area contributed by atoms with Crippen LogP contribution in [-0.2, 0) is 0 Å². The molecule has 2 aromatic heterocycles. The Kier molecular flexibility index (Phi) is 2.71. The molecule has 1 N–H and O–H groups in total. The minimum atomic E-state index is -1.02. The summed E-state index contributed by atoms with van der Waals surface area (Å²) in [5.41, 5.74) is 0.0174. The number of carbonyl (C=O) groups is 1. The van der Waals surface area contributed by atoms with Gasteiger partial charge in [0.1, 0.15) is 9.75 Å². The molecule has 0 aliphatic rings. The topological polar surface area (TPSA) is 80.4 Å². The van der Waals surface area contributed by atoms with Gasteiger partial charge in [-0.1, -0.05) is 0 Å². The van der Waals surface area contributed by atoms with Crippen molar-refractivity contribution in [1.82, 2.24) is 0 Å². The van der Waals surface area contributed by atoms with E-state index in [1.165, 1.54) is 23.5 Å². The van der Waals surface area contributed by atoms with E-state index in [1.54, 1.807) is 11.4 Å². The second kappa shape index (κ2) is 4.03. The molecule has 0 bridgehead atoms. The summed E-state index contributed by atoms with van der Waals surface area (Å²) in [6, 6.07) is 4.46. The van der Waals surface area contributed by atoms with Crippen LogP contribution in [0.4, 0.5) is 5.69 Å². The number of thiophene rings is 2. The van der Waals surface area contributed by atoms with E-state index < -0.39 is 10.9 Å². The van der Waals surface area contributed by atoms with Crippen LogP contribution in [0.15, 0.2) is 23.6 Å². The molecule has 0 amide bonds. The van der Waals surface area contributed by atoms with Crippen molar-refractivity contribution in [2.24, 2.45) is 0 Å². The number of nitro groups is 1. The molecular weight excluding hydrogens is 250 g/mol. The Balaban J connectivity index is 2.46. The van der Waals surface area contributed by atoms with Gasteiger partial charge < -0.3 is 5.11 Å². The van der Waals surface area contributed by atoms with Gasteiger partial charge in [-0.2, -0.15) is 0 Å². The molecule has 0 fully saturated rings. The van der Waals surface area contributed by atoms with E-state index in [9.17, 15) is 14.9 Å². The zero-order valence-corrected chi connectivity index (χ0v) is 9.38. The van der Waals surface area contributed by atoms with Crippen LogP contribution in [0.25, 0.3) is 9.75 Å². The van der Waals surface area contributed by atoms with E-state index in [2.05, 4.69) is 0 Å². The van der Waals surface area contributed by atoms with Gasteiger partial charge in [-0.25, -0.2) is 4.79 Å². The molecule has 0 unspecified atom stereocenters. The summed E-state index contributed by atoms with van der Waals surface area (Å²) < 4.78 is 0. The molecule has 0 atom stereocenters. The smallest absolute Gasteiger partial charge is 0.345 e. The summed E-state index contributed by atoms with van der Waals surface area (Å²) in [5.74, 6) is -1.02. The summed E-state index contributed by atoms with van der Waals surface area (Å²) in [5, 5.41) is 21.1. The van der Waals surface area contributed by atoms with Crippen LogP contribution < -0.4 is 0 Å². The molecule has 2 aromatic rings. The fourth-order valence-electron chi connectivity index (χ4n) is 1.21. The molecule has 0 aromatic carbocycles. The summed E-state index contributed by atoms with van der Waals surface area (Å²) in [4.78, 5) is 22.2. The van der Waals surface area contributed by atoms with Gasteiger partial charge >= 0.3 is 5.97 Å².